The molecule has 1 unspecified atom stereocenters. The molecule has 0 aliphatic carbocycles. The van der Waals surface area contributed by atoms with Crippen LogP contribution in [0.4, 0.5) is 8.78 Å². The molecule has 1 aromatic rings. The van der Waals surface area contributed by atoms with E-state index in [0.717, 1.165) is 18.1 Å². The number of hydrogen-bond donors (Lipinski definition) is 1. The third kappa shape index (κ3) is 4.38. The van der Waals surface area contributed by atoms with Crippen molar-refractivity contribution >= 4 is 24.2 Å². The Hall–Kier alpha value is -0.373. The van der Waals surface area contributed by atoms with Gasteiger partial charge < -0.3 is 9.53 Å². The summed E-state index contributed by atoms with van der Waals surface area (Å²) >= 11 is 3.23. The van der Waals surface area contributed by atoms with Crippen molar-refractivity contribution in [2.75, 3.05) is 6.61 Å². The minimum Gasteiger partial charge on any atom is -0.402 e. The summed E-state index contributed by atoms with van der Waals surface area (Å²) < 4.78 is 36.6. The fraction of sp³-hybridized carbons (Fsp3) is 0.688. The molecule has 0 aliphatic heterocycles. The van der Waals surface area contributed by atoms with Gasteiger partial charge in [0.25, 0.3) is 5.92 Å². The number of rotatable bonds is 9. The van der Waals surface area contributed by atoms with Gasteiger partial charge in [-0.2, -0.15) is 0 Å². The van der Waals surface area contributed by atoms with Crippen LogP contribution in [0.5, 0.6) is 0 Å². The zero-order valence-corrected chi connectivity index (χ0v) is 16.8. The van der Waals surface area contributed by atoms with Gasteiger partial charge in [0, 0.05) is 24.8 Å². The molecule has 0 fully saturated rings. The first-order valence-electron chi connectivity index (χ1n) is 8.01. The van der Waals surface area contributed by atoms with Crippen LogP contribution in [0.3, 0.4) is 0 Å². The van der Waals surface area contributed by atoms with Crippen LogP contribution < -0.4 is 0 Å². The number of hydrogen-bond acceptors (Lipinski definition) is 3. The molecular weight excluding hydrogens is 384 g/mol. The lowest BCUT2D eigenvalue weighted by atomic mass is 9.88. The molecule has 0 bridgehead atoms. The zero-order valence-electron chi connectivity index (χ0n) is 14.2. The molecule has 1 heterocycles. The zero-order chi connectivity index (χ0) is 17.7. The van der Waals surface area contributed by atoms with Gasteiger partial charge in [-0.3, -0.25) is 0 Å². The molecule has 0 saturated heterocycles. The second-order valence-corrected chi connectivity index (χ2v) is 11.4. The number of aromatic nitrogens is 1. The van der Waals surface area contributed by atoms with E-state index >= 15 is 0 Å². The first-order chi connectivity index (χ1) is 10.7. The summed E-state index contributed by atoms with van der Waals surface area (Å²) in [6, 6.07) is 5.57. The molecule has 23 heavy (non-hydrogen) atoms. The topological polar surface area (TPSA) is 42.4 Å². The maximum absolute atomic E-state index is 14.9. The predicted molar refractivity (Wildman–Crippen MR) is 94.2 cm³/mol. The Morgan fingerprint density at radius 1 is 1.22 bits per heavy atom. The molecule has 1 N–H and O–H groups in total. The van der Waals surface area contributed by atoms with Crippen molar-refractivity contribution in [2.45, 2.75) is 63.8 Å². The fourth-order valence-electron chi connectivity index (χ4n) is 2.78. The van der Waals surface area contributed by atoms with Crippen molar-refractivity contribution in [2.24, 2.45) is 0 Å². The molecule has 0 saturated carbocycles. The number of nitrogens with zero attached hydrogens (tertiary/aromatic N) is 1. The third-order valence-electron chi connectivity index (χ3n) is 4.76. The van der Waals surface area contributed by atoms with Crippen molar-refractivity contribution in [3.63, 3.8) is 0 Å². The Balaban J connectivity index is 3.39. The molecule has 0 spiro atoms. The second-order valence-electron chi connectivity index (χ2n) is 5.93. The Kier molecular flexibility index (Phi) is 7.31. The van der Waals surface area contributed by atoms with Gasteiger partial charge in [0.2, 0.25) is 0 Å². The first kappa shape index (κ1) is 20.7. The quantitative estimate of drug-likeness (QED) is 0.455. The lowest BCUT2D eigenvalue weighted by Gasteiger charge is -2.44. The molecule has 0 aromatic carbocycles. The van der Waals surface area contributed by atoms with E-state index in [4.69, 9.17) is 9.53 Å². The van der Waals surface area contributed by atoms with Gasteiger partial charge in [-0.25, -0.2) is 13.8 Å². The van der Waals surface area contributed by atoms with E-state index in [-0.39, 0.29) is 0 Å². The molecule has 0 amide bonds. The van der Waals surface area contributed by atoms with Gasteiger partial charge >= 0.3 is 0 Å². The summed E-state index contributed by atoms with van der Waals surface area (Å²) in [7, 11) is -2.29. The molecular formula is C16H26BrF2NO2Si. The Labute approximate surface area is 146 Å². The van der Waals surface area contributed by atoms with Gasteiger partial charge in [-0.1, -0.05) is 26.8 Å². The summed E-state index contributed by atoms with van der Waals surface area (Å²) in [5.74, 6) is -3.19. The van der Waals surface area contributed by atoms with E-state index in [0.29, 0.717) is 10.2 Å². The first-order valence-corrected chi connectivity index (χ1v) is 11.3. The Morgan fingerprint density at radius 3 is 2.17 bits per heavy atom. The lowest BCUT2D eigenvalue weighted by molar-refractivity contribution is -0.176. The van der Waals surface area contributed by atoms with Gasteiger partial charge in [-0.15, -0.1) is 0 Å². The van der Waals surface area contributed by atoms with E-state index in [1.54, 1.807) is 12.1 Å². The molecule has 3 nitrogen and oxygen atoms in total. The van der Waals surface area contributed by atoms with Crippen LogP contribution in [0, 0.1) is 0 Å². The van der Waals surface area contributed by atoms with E-state index in [2.05, 4.69) is 20.9 Å². The average Bonchev–Trinajstić information content (AvgIpc) is 2.53. The minimum absolute atomic E-state index is 0.339. The van der Waals surface area contributed by atoms with Gasteiger partial charge in [0.05, 0.1) is 0 Å². The van der Waals surface area contributed by atoms with E-state index < -0.39 is 32.9 Å². The van der Waals surface area contributed by atoms with Crippen LogP contribution in [0.1, 0.15) is 39.7 Å². The van der Waals surface area contributed by atoms with E-state index in [1.165, 1.54) is 13.1 Å². The van der Waals surface area contributed by atoms with Crippen LogP contribution >= 0.6 is 15.9 Å². The van der Waals surface area contributed by atoms with Crippen molar-refractivity contribution in [1.29, 1.82) is 0 Å². The van der Waals surface area contributed by atoms with Crippen LogP contribution in [0.15, 0.2) is 22.9 Å². The highest BCUT2D eigenvalue weighted by atomic mass is 79.9. The smallest absolute Gasteiger partial charge is 0.281 e. The summed E-state index contributed by atoms with van der Waals surface area (Å²) in [4.78, 5) is 4.08. The van der Waals surface area contributed by atoms with Crippen LogP contribution in [-0.4, -0.2) is 30.9 Å². The van der Waals surface area contributed by atoms with E-state index in [1.807, 2.05) is 20.8 Å². The number of alkyl halides is 2. The summed E-state index contributed by atoms with van der Waals surface area (Å²) in [5.41, 5.74) is -1.45. The normalized spacial score (nSPS) is 15.5. The Bertz CT molecular complexity index is 489. The average molecular weight is 410 g/mol. The predicted octanol–water partition coefficient (Wildman–Crippen LogP) is 5.10. The fourth-order valence-corrected chi connectivity index (χ4v) is 6.08. The molecule has 132 valence electrons. The molecule has 1 rings (SSSR count). The van der Waals surface area contributed by atoms with E-state index in [9.17, 15) is 8.78 Å². The standard InChI is InChI=1S/C16H26BrF2NO2Si/c1-5-23(6-2,7-3)22-15(4,16(18,19)10-11-21)13-8-9-14(17)20-12-13/h8-9,12,21H,5-7,10-11H2,1-4H3. The minimum atomic E-state index is -3.19. The number of aliphatic hydroxyl groups is 1. The largest absolute Gasteiger partial charge is 0.402 e. The highest BCUT2D eigenvalue weighted by Crippen LogP contribution is 2.46. The lowest BCUT2D eigenvalue weighted by Crippen LogP contribution is -2.53. The van der Waals surface area contributed by atoms with Crippen molar-refractivity contribution in [3.05, 3.63) is 28.5 Å². The SMILES string of the molecule is CC[Si](CC)(CC)OC(C)(c1ccc(Br)nc1)C(F)(F)CCO. The Morgan fingerprint density at radius 2 is 1.78 bits per heavy atom. The number of pyridine rings is 1. The van der Waals surface area contributed by atoms with Crippen molar-refractivity contribution in [1.82, 2.24) is 4.98 Å². The number of halogens is 3. The molecule has 0 aliphatic rings. The molecule has 7 heteroatoms. The van der Waals surface area contributed by atoms with Crippen molar-refractivity contribution in [3.8, 4) is 0 Å². The molecule has 1 aromatic heterocycles. The summed E-state index contributed by atoms with van der Waals surface area (Å²) in [6.07, 6.45) is 0.788. The van der Waals surface area contributed by atoms with Crippen LogP contribution in [0.2, 0.25) is 18.1 Å². The summed E-state index contributed by atoms with van der Waals surface area (Å²) in [6.45, 7) is 6.85. The van der Waals surface area contributed by atoms with Crippen LogP contribution in [-0.2, 0) is 10.0 Å². The van der Waals surface area contributed by atoms with Gasteiger partial charge in [0.15, 0.2) is 8.32 Å². The molecule has 1 atom stereocenters. The maximum atomic E-state index is 14.9. The number of aliphatic hydroxyl groups excluding tert-OH is 1. The van der Waals surface area contributed by atoms with Crippen molar-refractivity contribution < 1.29 is 18.3 Å². The summed E-state index contributed by atoms with van der Waals surface area (Å²) in [5, 5.41) is 9.08. The third-order valence-corrected chi connectivity index (χ3v) is 9.93. The van der Waals surface area contributed by atoms with Gasteiger partial charge in [0.1, 0.15) is 10.2 Å². The van der Waals surface area contributed by atoms with Crippen LogP contribution in [0.25, 0.3) is 0 Å². The highest BCUT2D eigenvalue weighted by Gasteiger charge is 2.55. The molecule has 0 radical (unpaired) electrons. The highest BCUT2D eigenvalue weighted by molar-refractivity contribution is 9.10. The monoisotopic (exact) mass is 409 g/mol. The maximum Gasteiger partial charge on any atom is 0.281 e. The van der Waals surface area contributed by atoms with Gasteiger partial charge in [-0.05, 0) is 47.1 Å². The second kappa shape index (κ2) is 8.14.